The van der Waals surface area contributed by atoms with E-state index < -0.39 is 0 Å². The number of hydrazine groups is 1. The summed E-state index contributed by atoms with van der Waals surface area (Å²) in [6, 6.07) is 0. The van der Waals surface area contributed by atoms with Crippen LogP contribution in [0.3, 0.4) is 0 Å². The van der Waals surface area contributed by atoms with Gasteiger partial charge in [-0.05, 0) is 0 Å². The number of carbonyl (C=O) groups is 2. The van der Waals surface area contributed by atoms with Gasteiger partial charge in [0.15, 0.2) is 0 Å². The Kier molecular flexibility index (Phi) is 1.46. The standard InChI is InChI=1S/C4H7N3O2/c5-7-1-3(8)6-4(9)2-7/h1-2,5H2,(H,6,8,9). The number of amides is 2. The lowest BCUT2D eigenvalue weighted by molar-refractivity contribution is -0.136. The van der Waals surface area contributed by atoms with Crippen LogP contribution in [0.15, 0.2) is 0 Å². The van der Waals surface area contributed by atoms with Crippen molar-refractivity contribution in [2.24, 2.45) is 5.84 Å². The third-order valence-corrected chi connectivity index (χ3v) is 0.972. The molecule has 1 saturated heterocycles. The van der Waals surface area contributed by atoms with Gasteiger partial charge < -0.3 is 0 Å². The fraction of sp³-hybridized carbons (Fsp3) is 0.500. The van der Waals surface area contributed by atoms with Gasteiger partial charge in [-0.3, -0.25) is 20.7 Å². The number of carbonyl (C=O) groups excluding carboxylic acids is 2. The minimum absolute atomic E-state index is 0.103. The van der Waals surface area contributed by atoms with Crippen molar-refractivity contribution in [3.63, 3.8) is 0 Å². The molecule has 0 aromatic rings. The van der Waals surface area contributed by atoms with Crippen molar-refractivity contribution in [3.8, 4) is 0 Å². The van der Waals surface area contributed by atoms with Crippen LogP contribution in [-0.2, 0) is 9.59 Å². The lowest BCUT2D eigenvalue weighted by atomic mass is 10.4. The summed E-state index contributed by atoms with van der Waals surface area (Å²) < 4.78 is 0. The number of nitrogens with zero attached hydrogens (tertiary/aromatic N) is 1. The summed E-state index contributed by atoms with van der Waals surface area (Å²) in [5.74, 6) is 4.49. The molecule has 0 bridgehead atoms. The molecule has 0 unspecified atom stereocenters. The normalized spacial score (nSPS) is 21.9. The van der Waals surface area contributed by atoms with Crippen LogP contribution in [0.2, 0.25) is 0 Å². The van der Waals surface area contributed by atoms with E-state index in [-0.39, 0.29) is 24.9 Å². The number of rotatable bonds is 0. The summed E-state index contributed by atoms with van der Waals surface area (Å²) in [7, 11) is 0. The van der Waals surface area contributed by atoms with Crippen molar-refractivity contribution in [1.82, 2.24) is 10.3 Å². The molecule has 1 fully saturated rings. The van der Waals surface area contributed by atoms with Crippen LogP contribution in [0.4, 0.5) is 0 Å². The highest BCUT2D eigenvalue weighted by Crippen LogP contribution is 1.84. The van der Waals surface area contributed by atoms with Crippen LogP contribution >= 0.6 is 0 Å². The van der Waals surface area contributed by atoms with E-state index in [1.807, 2.05) is 0 Å². The quantitative estimate of drug-likeness (QED) is 0.288. The first-order valence-corrected chi connectivity index (χ1v) is 2.51. The maximum Gasteiger partial charge on any atom is 0.242 e. The first kappa shape index (κ1) is 6.18. The zero-order valence-corrected chi connectivity index (χ0v) is 4.76. The molecule has 0 spiro atoms. The molecule has 5 nitrogen and oxygen atoms in total. The fourth-order valence-electron chi connectivity index (χ4n) is 0.659. The van der Waals surface area contributed by atoms with E-state index in [2.05, 4.69) is 5.32 Å². The Bertz CT molecular complexity index is 140. The molecule has 0 radical (unpaired) electrons. The molecule has 0 aliphatic carbocycles. The highest BCUT2D eigenvalue weighted by Gasteiger charge is 2.18. The Morgan fingerprint density at radius 2 is 1.78 bits per heavy atom. The Morgan fingerprint density at radius 3 is 2.11 bits per heavy atom. The number of nitrogens with two attached hydrogens (primary N) is 1. The molecule has 9 heavy (non-hydrogen) atoms. The maximum absolute atomic E-state index is 10.4. The predicted molar refractivity (Wildman–Crippen MR) is 28.9 cm³/mol. The van der Waals surface area contributed by atoms with Gasteiger partial charge in [0.1, 0.15) is 0 Å². The van der Waals surface area contributed by atoms with Crippen molar-refractivity contribution < 1.29 is 9.59 Å². The van der Waals surface area contributed by atoms with Gasteiger partial charge in [0, 0.05) is 0 Å². The van der Waals surface area contributed by atoms with Crippen LogP contribution < -0.4 is 11.2 Å². The summed E-state index contributed by atoms with van der Waals surface area (Å²) in [5.41, 5.74) is 0. The van der Waals surface area contributed by atoms with Crippen molar-refractivity contribution >= 4 is 11.8 Å². The van der Waals surface area contributed by atoms with Gasteiger partial charge in [-0.2, -0.15) is 0 Å². The van der Waals surface area contributed by atoms with Crippen molar-refractivity contribution in [3.05, 3.63) is 0 Å². The topological polar surface area (TPSA) is 75.4 Å². The molecule has 0 atom stereocenters. The lowest BCUT2D eigenvalue weighted by Crippen LogP contribution is -2.53. The maximum atomic E-state index is 10.4. The third kappa shape index (κ3) is 1.48. The van der Waals surface area contributed by atoms with Crippen molar-refractivity contribution in [2.75, 3.05) is 13.1 Å². The van der Waals surface area contributed by atoms with Crippen LogP contribution in [0.25, 0.3) is 0 Å². The summed E-state index contributed by atoms with van der Waals surface area (Å²) in [4.78, 5) is 20.9. The van der Waals surface area contributed by atoms with Gasteiger partial charge in [-0.1, -0.05) is 0 Å². The molecule has 3 N–H and O–H groups in total. The lowest BCUT2D eigenvalue weighted by Gasteiger charge is -2.19. The molecule has 50 valence electrons. The first-order valence-electron chi connectivity index (χ1n) is 2.51. The van der Waals surface area contributed by atoms with Gasteiger partial charge in [0.05, 0.1) is 13.1 Å². The second-order valence-electron chi connectivity index (χ2n) is 1.88. The minimum Gasteiger partial charge on any atom is -0.294 e. The Hall–Kier alpha value is -0.940. The summed E-state index contributed by atoms with van der Waals surface area (Å²) >= 11 is 0. The molecule has 1 aliphatic rings. The van der Waals surface area contributed by atoms with E-state index in [0.29, 0.717) is 0 Å². The average molecular weight is 129 g/mol. The van der Waals surface area contributed by atoms with Crippen molar-refractivity contribution in [1.29, 1.82) is 0 Å². The zero-order chi connectivity index (χ0) is 6.85. The molecule has 2 amide bonds. The van der Waals surface area contributed by atoms with Gasteiger partial charge in [-0.25, -0.2) is 5.01 Å². The van der Waals surface area contributed by atoms with E-state index >= 15 is 0 Å². The molecule has 1 heterocycles. The van der Waals surface area contributed by atoms with E-state index in [0.717, 1.165) is 0 Å². The monoisotopic (exact) mass is 129 g/mol. The average Bonchev–Trinajstić information content (AvgIpc) is 1.59. The molecule has 0 aromatic carbocycles. The fourth-order valence-corrected chi connectivity index (χ4v) is 0.659. The Morgan fingerprint density at radius 1 is 1.33 bits per heavy atom. The van der Waals surface area contributed by atoms with Crippen LogP contribution in [0.1, 0.15) is 0 Å². The van der Waals surface area contributed by atoms with E-state index in [9.17, 15) is 9.59 Å². The number of nitrogens with one attached hydrogen (secondary N) is 1. The van der Waals surface area contributed by atoms with Gasteiger partial charge in [0.25, 0.3) is 0 Å². The Labute approximate surface area is 51.8 Å². The second-order valence-corrected chi connectivity index (χ2v) is 1.88. The number of hydrogen-bond donors (Lipinski definition) is 2. The predicted octanol–water partition coefficient (Wildman–Crippen LogP) is -2.18. The van der Waals surface area contributed by atoms with Crippen LogP contribution in [0, 0.1) is 0 Å². The zero-order valence-electron chi connectivity index (χ0n) is 4.76. The largest absolute Gasteiger partial charge is 0.294 e. The highest BCUT2D eigenvalue weighted by molar-refractivity contribution is 5.99. The van der Waals surface area contributed by atoms with E-state index in [1.165, 1.54) is 5.01 Å². The molecule has 0 aromatic heterocycles. The van der Waals surface area contributed by atoms with Crippen LogP contribution in [-0.4, -0.2) is 29.9 Å². The Balaban J connectivity index is 2.53. The van der Waals surface area contributed by atoms with E-state index in [1.54, 1.807) is 0 Å². The third-order valence-electron chi connectivity index (χ3n) is 0.972. The first-order chi connectivity index (χ1) is 4.18. The second kappa shape index (κ2) is 2.12. The van der Waals surface area contributed by atoms with Gasteiger partial charge in [-0.15, -0.1) is 0 Å². The molecule has 0 saturated carbocycles. The molecular weight excluding hydrogens is 122 g/mol. The summed E-state index contributed by atoms with van der Waals surface area (Å²) in [6.07, 6.45) is 0. The smallest absolute Gasteiger partial charge is 0.242 e. The molecule has 1 aliphatic heterocycles. The highest BCUT2D eigenvalue weighted by atomic mass is 16.2. The summed E-state index contributed by atoms with van der Waals surface area (Å²) in [6.45, 7) is 0.206. The van der Waals surface area contributed by atoms with Crippen LogP contribution in [0.5, 0.6) is 0 Å². The molecule has 5 heteroatoms. The molecule has 1 rings (SSSR count). The van der Waals surface area contributed by atoms with Gasteiger partial charge in [0.2, 0.25) is 11.8 Å². The van der Waals surface area contributed by atoms with Crippen molar-refractivity contribution in [2.45, 2.75) is 0 Å². The summed E-state index contributed by atoms with van der Waals surface area (Å²) in [5, 5.41) is 3.28. The van der Waals surface area contributed by atoms with E-state index in [4.69, 9.17) is 5.84 Å². The molecular formula is C4H7N3O2. The number of imide groups is 1. The van der Waals surface area contributed by atoms with Gasteiger partial charge >= 0.3 is 0 Å². The number of hydrogen-bond acceptors (Lipinski definition) is 4. The minimum atomic E-state index is -0.339. The number of piperazine rings is 1. The SMILES string of the molecule is NN1CC(=O)NC(=O)C1.